The first-order valence-corrected chi connectivity index (χ1v) is 8.26. The number of hydrogen-bond donors (Lipinski definition) is 1. The molecule has 0 aliphatic heterocycles. The highest BCUT2D eigenvalue weighted by Gasteiger charge is 2.22. The lowest BCUT2D eigenvalue weighted by Crippen LogP contribution is -2.37. The molecule has 2 nitrogen and oxygen atoms in total. The zero-order chi connectivity index (χ0) is 14.4. The van der Waals surface area contributed by atoms with Crippen molar-refractivity contribution in [3.05, 3.63) is 29.3 Å². The molecule has 20 heavy (non-hydrogen) atoms. The Morgan fingerprint density at radius 2 is 2.00 bits per heavy atom. The molecule has 2 rings (SSSR count). The fraction of sp³-hybridized carbons (Fsp3) is 0.647. The van der Waals surface area contributed by atoms with Crippen LogP contribution in [-0.4, -0.2) is 31.1 Å². The summed E-state index contributed by atoms with van der Waals surface area (Å²) < 4.78 is 0. The molecule has 1 aliphatic carbocycles. The summed E-state index contributed by atoms with van der Waals surface area (Å²) in [6.07, 6.45) is 6.91. The summed E-state index contributed by atoms with van der Waals surface area (Å²) in [4.78, 5) is 2.52. The van der Waals surface area contributed by atoms with E-state index in [0.717, 1.165) is 35.8 Å². The number of hydrogen-bond acceptors (Lipinski definition) is 2. The molecule has 0 atom stereocenters. The molecular weight excluding hydrogens is 268 g/mol. The maximum atomic E-state index is 5.99. The molecular formula is C17H27ClN2. The Labute approximate surface area is 128 Å². The van der Waals surface area contributed by atoms with Crippen LogP contribution in [0.2, 0.25) is 5.02 Å². The average Bonchev–Trinajstić information content (AvgIpc) is 2.47. The summed E-state index contributed by atoms with van der Waals surface area (Å²) in [6, 6.07) is 8.72. The Morgan fingerprint density at radius 3 is 2.65 bits per heavy atom. The van der Waals surface area contributed by atoms with Gasteiger partial charge >= 0.3 is 0 Å². The molecule has 0 aromatic heterocycles. The second-order valence-electron chi connectivity index (χ2n) is 6.00. The van der Waals surface area contributed by atoms with Gasteiger partial charge in [0.1, 0.15) is 0 Å². The lowest BCUT2D eigenvalue weighted by Gasteiger charge is -2.34. The predicted octanol–water partition coefficient (Wildman–Crippen LogP) is 4.65. The molecule has 0 heterocycles. The largest absolute Gasteiger partial charge is 0.384 e. The summed E-state index contributed by atoms with van der Waals surface area (Å²) >= 11 is 5.99. The highest BCUT2D eigenvalue weighted by molar-refractivity contribution is 6.30. The second kappa shape index (κ2) is 7.90. The van der Waals surface area contributed by atoms with Gasteiger partial charge in [0, 0.05) is 29.8 Å². The van der Waals surface area contributed by atoms with Gasteiger partial charge in [0.2, 0.25) is 0 Å². The van der Waals surface area contributed by atoms with Crippen LogP contribution >= 0.6 is 11.6 Å². The van der Waals surface area contributed by atoms with Crippen LogP contribution in [0.4, 0.5) is 5.69 Å². The summed E-state index contributed by atoms with van der Waals surface area (Å²) in [5.74, 6) is 0.976. The number of benzene rings is 1. The molecule has 0 spiro atoms. The number of nitrogens with zero attached hydrogens (tertiary/aromatic N) is 1. The molecule has 1 N–H and O–H groups in total. The summed E-state index contributed by atoms with van der Waals surface area (Å²) in [5.41, 5.74) is 1.11. The Morgan fingerprint density at radius 1 is 1.25 bits per heavy atom. The van der Waals surface area contributed by atoms with Gasteiger partial charge in [-0.25, -0.2) is 0 Å². The topological polar surface area (TPSA) is 15.3 Å². The number of halogens is 1. The molecule has 112 valence electrons. The van der Waals surface area contributed by atoms with E-state index in [0.29, 0.717) is 0 Å². The standard InChI is InChI=1S/C17H27ClN2/c1-3-14-7-9-17(10-8-14)20(2)12-11-19-16-6-4-5-15(18)13-16/h4-6,13-14,17,19H,3,7-12H2,1-2H3. The van der Waals surface area contributed by atoms with Crippen LogP contribution in [0.5, 0.6) is 0 Å². The SMILES string of the molecule is CCC1CCC(N(C)CCNc2cccc(Cl)c2)CC1. The summed E-state index contributed by atoms with van der Waals surface area (Å²) in [5, 5.41) is 4.24. The van der Waals surface area contributed by atoms with Crippen LogP contribution in [0.15, 0.2) is 24.3 Å². The first kappa shape index (κ1) is 15.7. The fourth-order valence-corrected chi connectivity index (χ4v) is 3.34. The molecule has 1 aromatic carbocycles. The minimum absolute atomic E-state index is 0.777. The van der Waals surface area contributed by atoms with Gasteiger partial charge in [0.25, 0.3) is 0 Å². The van der Waals surface area contributed by atoms with Crippen molar-refractivity contribution in [2.24, 2.45) is 5.92 Å². The van der Waals surface area contributed by atoms with Crippen LogP contribution in [0, 0.1) is 5.92 Å². The molecule has 1 fully saturated rings. The Kier molecular flexibility index (Phi) is 6.18. The second-order valence-corrected chi connectivity index (χ2v) is 6.44. The molecule has 1 aromatic rings. The van der Waals surface area contributed by atoms with Gasteiger partial charge in [-0.3, -0.25) is 0 Å². The van der Waals surface area contributed by atoms with E-state index in [9.17, 15) is 0 Å². The molecule has 3 heteroatoms. The van der Waals surface area contributed by atoms with Gasteiger partial charge in [-0.2, -0.15) is 0 Å². The molecule has 0 unspecified atom stereocenters. The van der Waals surface area contributed by atoms with Crippen molar-refractivity contribution >= 4 is 17.3 Å². The number of nitrogens with one attached hydrogen (secondary N) is 1. The highest BCUT2D eigenvalue weighted by atomic mass is 35.5. The third-order valence-corrected chi connectivity index (χ3v) is 4.87. The van der Waals surface area contributed by atoms with Gasteiger partial charge in [-0.1, -0.05) is 31.0 Å². The maximum absolute atomic E-state index is 5.99. The number of anilines is 1. The van der Waals surface area contributed by atoms with Crippen molar-refractivity contribution in [2.75, 3.05) is 25.5 Å². The van der Waals surface area contributed by atoms with E-state index in [1.807, 2.05) is 18.2 Å². The predicted molar refractivity (Wildman–Crippen MR) is 88.6 cm³/mol. The van der Waals surface area contributed by atoms with E-state index < -0.39 is 0 Å². The average molecular weight is 295 g/mol. The zero-order valence-corrected chi connectivity index (χ0v) is 13.5. The Bertz CT molecular complexity index is 400. The zero-order valence-electron chi connectivity index (χ0n) is 12.7. The maximum Gasteiger partial charge on any atom is 0.0426 e. The fourth-order valence-electron chi connectivity index (χ4n) is 3.15. The lowest BCUT2D eigenvalue weighted by atomic mass is 9.84. The van der Waals surface area contributed by atoms with Gasteiger partial charge in [0.15, 0.2) is 0 Å². The van der Waals surface area contributed by atoms with E-state index in [-0.39, 0.29) is 0 Å². The summed E-state index contributed by atoms with van der Waals surface area (Å²) in [7, 11) is 2.26. The van der Waals surface area contributed by atoms with Crippen LogP contribution in [0.25, 0.3) is 0 Å². The smallest absolute Gasteiger partial charge is 0.0426 e. The molecule has 1 saturated carbocycles. The Hall–Kier alpha value is -0.730. The van der Waals surface area contributed by atoms with Crippen LogP contribution in [-0.2, 0) is 0 Å². The van der Waals surface area contributed by atoms with Crippen LogP contribution in [0.1, 0.15) is 39.0 Å². The van der Waals surface area contributed by atoms with Gasteiger partial charge in [-0.05, 0) is 56.8 Å². The third kappa shape index (κ3) is 4.68. The van der Waals surface area contributed by atoms with E-state index in [4.69, 9.17) is 11.6 Å². The van der Waals surface area contributed by atoms with Crippen molar-refractivity contribution in [3.8, 4) is 0 Å². The van der Waals surface area contributed by atoms with Crippen molar-refractivity contribution in [1.29, 1.82) is 0 Å². The molecule has 0 saturated heterocycles. The normalized spacial score (nSPS) is 23.0. The van der Waals surface area contributed by atoms with Crippen LogP contribution < -0.4 is 5.32 Å². The number of likely N-dealkylation sites (N-methyl/N-ethyl adjacent to an activating group) is 1. The summed E-state index contributed by atoms with van der Waals surface area (Å²) in [6.45, 7) is 4.39. The number of rotatable bonds is 6. The lowest BCUT2D eigenvalue weighted by molar-refractivity contribution is 0.168. The quantitative estimate of drug-likeness (QED) is 0.821. The monoisotopic (exact) mass is 294 g/mol. The first-order chi connectivity index (χ1) is 9.69. The molecule has 0 amide bonds. The molecule has 0 radical (unpaired) electrons. The third-order valence-electron chi connectivity index (χ3n) is 4.64. The van der Waals surface area contributed by atoms with E-state index in [1.165, 1.54) is 32.1 Å². The molecule has 1 aliphatic rings. The minimum atomic E-state index is 0.777. The minimum Gasteiger partial charge on any atom is -0.384 e. The van der Waals surface area contributed by atoms with Crippen molar-refractivity contribution in [2.45, 2.75) is 45.1 Å². The van der Waals surface area contributed by atoms with Gasteiger partial charge in [-0.15, -0.1) is 0 Å². The van der Waals surface area contributed by atoms with Crippen molar-refractivity contribution < 1.29 is 0 Å². The first-order valence-electron chi connectivity index (χ1n) is 7.88. The van der Waals surface area contributed by atoms with Crippen molar-refractivity contribution in [3.63, 3.8) is 0 Å². The van der Waals surface area contributed by atoms with E-state index in [2.05, 4.69) is 30.3 Å². The molecule has 0 bridgehead atoms. The van der Waals surface area contributed by atoms with Crippen LogP contribution in [0.3, 0.4) is 0 Å². The van der Waals surface area contributed by atoms with E-state index in [1.54, 1.807) is 0 Å². The van der Waals surface area contributed by atoms with Crippen molar-refractivity contribution in [1.82, 2.24) is 4.90 Å². The van der Waals surface area contributed by atoms with Gasteiger partial charge in [0.05, 0.1) is 0 Å². The van der Waals surface area contributed by atoms with Gasteiger partial charge < -0.3 is 10.2 Å². The highest BCUT2D eigenvalue weighted by Crippen LogP contribution is 2.28. The Balaban J connectivity index is 1.69. The van der Waals surface area contributed by atoms with E-state index >= 15 is 0 Å².